The van der Waals surface area contributed by atoms with E-state index in [-0.39, 0.29) is 0 Å². The smallest absolute Gasteiger partial charge is 0.164 e. The highest BCUT2D eigenvalue weighted by atomic mass is 32.1. The van der Waals surface area contributed by atoms with Gasteiger partial charge in [-0.3, -0.25) is 0 Å². The first-order chi connectivity index (χ1) is 31.7. The number of rotatable bonds is 6. The highest BCUT2D eigenvalue weighted by molar-refractivity contribution is 7.26. The molecule has 4 heterocycles. The second-order valence-corrected chi connectivity index (χ2v) is 17.3. The van der Waals surface area contributed by atoms with Gasteiger partial charge >= 0.3 is 0 Å². The van der Waals surface area contributed by atoms with Crippen molar-refractivity contribution in [1.29, 1.82) is 0 Å². The zero-order valence-electron chi connectivity index (χ0n) is 34.4. The second kappa shape index (κ2) is 14.7. The first-order valence-corrected chi connectivity index (χ1v) is 22.3. The van der Waals surface area contributed by atoms with Gasteiger partial charge in [0.2, 0.25) is 0 Å². The number of thiophene rings is 1. The van der Waals surface area contributed by atoms with Gasteiger partial charge < -0.3 is 4.57 Å². The SMILES string of the molecule is c1ccc(-c2nc(-c3cccc(-c4ccc5nc(-c6ccccc6)c6ccc7sc8ccccc8c7c6c5c4)c3)nc(-c3ccc4c(c3)c3ccccc3n4-c3ccccc3)n2)cc1. The number of fused-ring (bicyclic) bond motifs is 10. The van der Waals surface area contributed by atoms with E-state index >= 15 is 0 Å². The van der Waals surface area contributed by atoms with Crippen LogP contribution in [0.5, 0.6) is 0 Å². The zero-order chi connectivity index (χ0) is 42.1. The lowest BCUT2D eigenvalue weighted by Gasteiger charge is -2.13. The first kappa shape index (κ1) is 36.3. The summed E-state index contributed by atoms with van der Waals surface area (Å²) in [5.74, 6) is 1.86. The summed E-state index contributed by atoms with van der Waals surface area (Å²) < 4.78 is 4.88. The Morgan fingerprint density at radius 3 is 1.69 bits per heavy atom. The molecule has 0 aliphatic rings. The van der Waals surface area contributed by atoms with Crippen molar-refractivity contribution >= 4 is 75.0 Å². The van der Waals surface area contributed by atoms with E-state index in [9.17, 15) is 0 Å². The van der Waals surface area contributed by atoms with Crippen LogP contribution in [0.1, 0.15) is 0 Å². The molecule has 13 rings (SSSR count). The molecule has 0 radical (unpaired) electrons. The number of aromatic nitrogens is 5. The van der Waals surface area contributed by atoms with Gasteiger partial charge in [-0.05, 0) is 77.9 Å². The van der Waals surface area contributed by atoms with Gasteiger partial charge in [0, 0.05) is 75.0 Å². The van der Waals surface area contributed by atoms with E-state index in [0.29, 0.717) is 17.5 Å². The third kappa shape index (κ3) is 5.92. The monoisotopic (exact) mass is 833 g/mol. The molecule has 64 heavy (non-hydrogen) atoms. The number of pyridine rings is 1. The van der Waals surface area contributed by atoms with Gasteiger partial charge in [-0.15, -0.1) is 11.3 Å². The molecule has 9 aromatic carbocycles. The van der Waals surface area contributed by atoms with Gasteiger partial charge in [0.1, 0.15) is 0 Å². The average Bonchev–Trinajstić information content (AvgIpc) is 3.92. The molecule has 4 aromatic heterocycles. The molecule has 0 aliphatic carbocycles. The molecule has 0 unspecified atom stereocenters. The lowest BCUT2D eigenvalue weighted by molar-refractivity contribution is 1.07. The van der Waals surface area contributed by atoms with E-state index in [1.54, 1.807) is 0 Å². The summed E-state index contributed by atoms with van der Waals surface area (Å²) in [5, 5.41) is 8.38. The van der Waals surface area contributed by atoms with Crippen molar-refractivity contribution < 1.29 is 0 Å². The van der Waals surface area contributed by atoms with Crippen molar-refractivity contribution in [3.8, 4) is 62.2 Å². The van der Waals surface area contributed by atoms with Crippen LogP contribution < -0.4 is 0 Å². The van der Waals surface area contributed by atoms with E-state index in [0.717, 1.165) is 77.5 Å². The molecule has 0 saturated carbocycles. The Hall–Kier alpha value is -8.32. The highest BCUT2D eigenvalue weighted by Gasteiger charge is 2.19. The zero-order valence-corrected chi connectivity index (χ0v) is 35.2. The van der Waals surface area contributed by atoms with E-state index in [1.807, 2.05) is 29.5 Å². The summed E-state index contributed by atoms with van der Waals surface area (Å²) in [6, 6.07) is 74.9. The van der Waals surface area contributed by atoms with Crippen molar-refractivity contribution in [2.45, 2.75) is 0 Å². The van der Waals surface area contributed by atoms with Crippen LogP contribution in [-0.4, -0.2) is 24.5 Å². The van der Waals surface area contributed by atoms with E-state index in [4.69, 9.17) is 19.9 Å². The summed E-state index contributed by atoms with van der Waals surface area (Å²) in [5.41, 5.74) is 11.4. The predicted octanol–water partition coefficient (Wildman–Crippen LogP) is 15.4. The molecule has 0 bridgehead atoms. The molecular weight excluding hydrogens is 799 g/mol. The lowest BCUT2D eigenvalue weighted by atomic mass is 9.94. The molecular formula is C58H35N5S. The Bertz CT molecular complexity index is 3950. The quantitative estimate of drug-likeness (QED) is 0.157. The fourth-order valence-corrected chi connectivity index (χ4v) is 10.6. The maximum atomic E-state index is 5.35. The second-order valence-electron chi connectivity index (χ2n) is 16.2. The van der Waals surface area contributed by atoms with Crippen LogP contribution in [0.25, 0.3) is 126 Å². The Morgan fingerprint density at radius 2 is 0.891 bits per heavy atom. The van der Waals surface area contributed by atoms with Crippen LogP contribution in [0.15, 0.2) is 212 Å². The largest absolute Gasteiger partial charge is 0.309 e. The molecule has 0 aliphatic heterocycles. The Kier molecular flexibility index (Phi) is 8.32. The minimum Gasteiger partial charge on any atom is -0.309 e. The standard InChI is InChI=1S/C58H35N5S/c1-4-15-36(16-5-1)55-45-29-32-52-54(44-24-11-13-26-51(44)64-52)53(45)47-34-39(27-30-48(47)59-55)38-19-14-20-40(33-38)57-60-56(37-17-6-2-7-18-37)61-58(62-57)41-28-31-50-46(35-41)43-23-10-12-25-49(43)63(50)42-21-8-3-9-22-42/h1-35H. The Morgan fingerprint density at radius 1 is 0.312 bits per heavy atom. The molecule has 5 nitrogen and oxygen atoms in total. The Balaban J connectivity index is 0.981. The summed E-state index contributed by atoms with van der Waals surface area (Å²) in [7, 11) is 0. The van der Waals surface area contributed by atoms with Gasteiger partial charge in [-0.2, -0.15) is 0 Å². The summed E-state index contributed by atoms with van der Waals surface area (Å²) in [6.45, 7) is 0. The number of nitrogens with zero attached hydrogens (tertiary/aromatic N) is 5. The third-order valence-corrected chi connectivity index (χ3v) is 13.5. The molecule has 0 N–H and O–H groups in total. The lowest BCUT2D eigenvalue weighted by Crippen LogP contribution is -2.00. The summed E-state index contributed by atoms with van der Waals surface area (Å²) in [4.78, 5) is 20.9. The molecule has 0 spiro atoms. The van der Waals surface area contributed by atoms with Crippen molar-refractivity contribution in [3.05, 3.63) is 212 Å². The number of benzene rings is 9. The minimum absolute atomic E-state index is 0.615. The fourth-order valence-electron chi connectivity index (χ4n) is 9.46. The molecule has 0 amide bonds. The number of hydrogen-bond acceptors (Lipinski definition) is 5. The van der Waals surface area contributed by atoms with Gasteiger partial charge in [0.15, 0.2) is 17.5 Å². The Labute approximate surface area is 372 Å². The van der Waals surface area contributed by atoms with Crippen LogP contribution in [0.4, 0.5) is 0 Å². The van der Waals surface area contributed by atoms with Crippen molar-refractivity contribution in [2.75, 3.05) is 0 Å². The van der Waals surface area contributed by atoms with Gasteiger partial charge in [0.05, 0.1) is 22.2 Å². The van der Waals surface area contributed by atoms with Crippen LogP contribution in [0.2, 0.25) is 0 Å². The molecule has 13 aromatic rings. The molecule has 298 valence electrons. The van der Waals surface area contributed by atoms with Crippen LogP contribution in [0.3, 0.4) is 0 Å². The number of para-hydroxylation sites is 2. The average molecular weight is 834 g/mol. The van der Waals surface area contributed by atoms with E-state index < -0.39 is 0 Å². The molecule has 0 atom stereocenters. The van der Waals surface area contributed by atoms with Crippen LogP contribution in [-0.2, 0) is 0 Å². The van der Waals surface area contributed by atoms with Crippen LogP contribution >= 0.6 is 11.3 Å². The van der Waals surface area contributed by atoms with Crippen molar-refractivity contribution in [3.63, 3.8) is 0 Å². The van der Waals surface area contributed by atoms with Gasteiger partial charge in [0.25, 0.3) is 0 Å². The third-order valence-electron chi connectivity index (χ3n) is 12.4. The van der Waals surface area contributed by atoms with Gasteiger partial charge in [-0.25, -0.2) is 19.9 Å². The summed E-state index contributed by atoms with van der Waals surface area (Å²) >= 11 is 1.85. The minimum atomic E-state index is 0.615. The fraction of sp³-hybridized carbons (Fsp3) is 0. The number of hydrogen-bond donors (Lipinski definition) is 0. The summed E-state index contributed by atoms with van der Waals surface area (Å²) in [6.07, 6.45) is 0. The predicted molar refractivity (Wildman–Crippen MR) is 267 cm³/mol. The molecule has 6 heteroatoms. The maximum absolute atomic E-state index is 5.35. The van der Waals surface area contributed by atoms with Crippen LogP contribution in [0, 0.1) is 0 Å². The van der Waals surface area contributed by atoms with Crippen molar-refractivity contribution in [1.82, 2.24) is 24.5 Å². The molecule has 0 saturated heterocycles. The van der Waals surface area contributed by atoms with E-state index in [2.05, 4.69) is 199 Å². The normalized spacial score (nSPS) is 11.8. The van der Waals surface area contributed by atoms with E-state index in [1.165, 1.54) is 30.9 Å². The highest BCUT2D eigenvalue weighted by Crippen LogP contribution is 2.44. The topological polar surface area (TPSA) is 56.5 Å². The first-order valence-electron chi connectivity index (χ1n) is 21.5. The maximum Gasteiger partial charge on any atom is 0.164 e. The van der Waals surface area contributed by atoms with Crippen molar-refractivity contribution in [2.24, 2.45) is 0 Å². The van der Waals surface area contributed by atoms with Gasteiger partial charge in [-0.1, -0.05) is 146 Å². The molecule has 0 fully saturated rings.